The van der Waals surface area contributed by atoms with Gasteiger partial charge in [0.25, 0.3) is 0 Å². The van der Waals surface area contributed by atoms with Crippen molar-refractivity contribution in [2.45, 2.75) is 25.9 Å². The second-order valence-corrected chi connectivity index (χ2v) is 7.34. The predicted molar refractivity (Wildman–Crippen MR) is 111 cm³/mol. The minimum Gasteiger partial charge on any atom is -0.474 e. The quantitative estimate of drug-likeness (QED) is 0.717. The van der Waals surface area contributed by atoms with Crippen LogP contribution >= 0.6 is 0 Å². The average molecular weight is 414 g/mol. The van der Waals surface area contributed by atoms with Crippen LogP contribution in [0.15, 0.2) is 12.3 Å². The summed E-state index contributed by atoms with van der Waals surface area (Å²) in [5.74, 6) is 1.44. The number of morpholine rings is 1. The molecule has 4 rings (SSSR count). The number of hydrogen-bond acceptors (Lipinski definition) is 10. The Morgan fingerprint density at radius 2 is 1.87 bits per heavy atom. The van der Waals surface area contributed by atoms with E-state index in [2.05, 4.69) is 19.9 Å². The molecule has 0 spiro atoms. The number of amides is 1. The Morgan fingerprint density at radius 1 is 1.13 bits per heavy atom. The lowest BCUT2D eigenvalue weighted by molar-refractivity contribution is -0.130. The van der Waals surface area contributed by atoms with Gasteiger partial charge in [0, 0.05) is 58.2 Å². The SMILES string of the molecule is CC(=O)N1CCC(Oc2cc(-c3cnc(N)nc3N)nc(N3CCOCC3)n2)CC1. The third kappa shape index (κ3) is 4.51. The number of carbonyl (C=O) groups is 1. The van der Waals surface area contributed by atoms with Crippen LogP contribution < -0.4 is 21.1 Å². The van der Waals surface area contributed by atoms with Gasteiger partial charge in [0.1, 0.15) is 11.9 Å². The number of anilines is 3. The van der Waals surface area contributed by atoms with Crippen LogP contribution in [0.1, 0.15) is 19.8 Å². The first-order valence-corrected chi connectivity index (χ1v) is 10.0. The molecule has 2 aliphatic rings. The van der Waals surface area contributed by atoms with Crippen molar-refractivity contribution < 1.29 is 14.3 Å². The van der Waals surface area contributed by atoms with Crippen LogP contribution in [0.2, 0.25) is 0 Å². The molecule has 1 amide bonds. The normalized spacial score (nSPS) is 17.8. The van der Waals surface area contributed by atoms with E-state index >= 15 is 0 Å². The number of ether oxygens (including phenoxy) is 2. The molecule has 30 heavy (non-hydrogen) atoms. The lowest BCUT2D eigenvalue weighted by atomic mass is 10.1. The number of nitrogen functional groups attached to an aromatic ring is 2. The van der Waals surface area contributed by atoms with Gasteiger partial charge in [0.2, 0.25) is 23.7 Å². The molecule has 4 heterocycles. The topological polar surface area (TPSA) is 146 Å². The van der Waals surface area contributed by atoms with E-state index in [-0.39, 0.29) is 23.8 Å². The summed E-state index contributed by atoms with van der Waals surface area (Å²) in [6, 6.07) is 1.74. The second kappa shape index (κ2) is 8.66. The molecule has 4 N–H and O–H groups in total. The summed E-state index contributed by atoms with van der Waals surface area (Å²) in [6.07, 6.45) is 3.02. The zero-order chi connectivity index (χ0) is 21.1. The molecule has 0 radical (unpaired) electrons. The van der Waals surface area contributed by atoms with Crippen LogP contribution in [0.25, 0.3) is 11.3 Å². The molecule has 2 aliphatic heterocycles. The third-order valence-electron chi connectivity index (χ3n) is 5.27. The van der Waals surface area contributed by atoms with Gasteiger partial charge in [-0.3, -0.25) is 4.79 Å². The number of hydrogen-bond donors (Lipinski definition) is 2. The van der Waals surface area contributed by atoms with Gasteiger partial charge in [-0.15, -0.1) is 0 Å². The maximum Gasteiger partial charge on any atom is 0.229 e. The minimum absolute atomic E-state index is 0.0269. The number of piperidine rings is 1. The fourth-order valence-electron chi connectivity index (χ4n) is 3.58. The molecule has 11 heteroatoms. The van der Waals surface area contributed by atoms with Crippen LogP contribution in [0, 0.1) is 0 Å². The van der Waals surface area contributed by atoms with Crippen molar-refractivity contribution in [2.75, 3.05) is 55.8 Å². The molecular weight excluding hydrogens is 388 g/mol. The van der Waals surface area contributed by atoms with E-state index in [9.17, 15) is 4.79 Å². The zero-order valence-electron chi connectivity index (χ0n) is 17.0. The van der Waals surface area contributed by atoms with Crippen molar-refractivity contribution in [3.63, 3.8) is 0 Å². The Hall–Kier alpha value is -3.21. The highest BCUT2D eigenvalue weighted by Gasteiger charge is 2.24. The third-order valence-corrected chi connectivity index (χ3v) is 5.27. The molecule has 0 aliphatic carbocycles. The molecule has 2 fully saturated rings. The van der Waals surface area contributed by atoms with Crippen LogP contribution in [0.5, 0.6) is 5.88 Å². The maximum atomic E-state index is 11.6. The first-order valence-electron chi connectivity index (χ1n) is 10.0. The summed E-state index contributed by atoms with van der Waals surface area (Å²) in [7, 11) is 0. The molecule has 2 aromatic heterocycles. The van der Waals surface area contributed by atoms with Crippen LogP contribution in [-0.2, 0) is 9.53 Å². The number of aromatic nitrogens is 4. The molecule has 0 saturated carbocycles. The molecule has 0 unspecified atom stereocenters. The van der Waals surface area contributed by atoms with Crippen molar-refractivity contribution in [3.8, 4) is 17.1 Å². The van der Waals surface area contributed by atoms with E-state index in [1.807, 2.05) is 9.80 Å². The van der Waals surface area contributed by atoms with Gasteiger partial charge >= 0.3 is 0 Å². The van der Waals surface area contributed by atoms with E-state index in [1.54, 1.807) is 19.2 Å². The number of rotatable bonds is 4. The Bertz CT molecular complexity index is 911. The molecule has 11 nitrogen and oxygen atoms in total. The van der Waals surface area contributed by atoms with E-state index in [1.165, 1.54) is 0 Å². The Morgan fingerprint density at radius 3 is 2.53 bits per heavy atom. The maximum absolute atomic E-state index is 11.6. The lowest BCUT2D eigenvalue weighted by Gasteiger charge is -2.31. The van der Waals surface area contributed by atoms with Crippen LogP contribution in [0.4, 0.5) is 17.7 Å². The summed E-state index contributed by atoms with van der Waals surface area (Å²) in [4.78, 5) is 32.8. The van der Waals surface area contributed by atoms with Gasteiger partial charge in [-0.25, -0.2) is 9.97 Å². The number of carbonyl (C=O) groups excluding carboxylic acids is 1. The van der Waals surface area contributed by atoms with Crippen LogP contribution in [0.3, 0.4) is 0 Å². The van der Waals surface area contributed by atoms with E-state index in [4.69, 9.17) is 20.9 Å². The van der Waals surface area contributed by atoms with Gasteiger partial charge in [-0.2, -0.15) is 9.97 Å². The Labute approximate surface area is 174 Å². The van der Waals surface area contributed by atoms with Crippen molar-refractivity contribution in [2.24, 2.45) is 0 Å². The van der Waals surface area contributed by atoms with E-state index in [0.717, 1.165) is 12.8 Å². The van der Waals surface area contributed by atoms with Gasteiger partial charge < -0.3 is 30.7 Å². The van der Waals surface area contributed by atoms with E-state index < -0.39 is 0 Å². The fraction of sp³-hybridized carbons (Fsp3) is 0.526. The summed E-state index contributed by atoms with van der Waals surface area (Å²) < 4.78 is 11.6. The summed E-state index contributed by atoms with van der Waals surface area (Å²) >= 11 is 0. The number of nitrogens with two attached hydrogens (primary N) is 2. The van der Waals surface area contributed by atoms with Crippen molar-refractivity contribution >= 4 is 23.6 Å². The zero-order valence-corrected chi connectivity index (χ0v) is 17.0. The van der Waals surface area contributed by atoms with Gasteiger partial charge in [0.05, 0.1) is 24.5 Å². The highest BCUT2D eigenvalue weighted by Crippen LogP contribution is 2.29. The molecule has 0 bridgehead atoms. The molecular formula is C19H26N8O3. The number of likely N-dealkylation sites (tertiary alicyclic amines) is 1. The number of nitrogens with zero attached hydrogens (tertiary/aromatic N) is 6. The van der Waals surface area contributed by atoms with Crippen molar-refractivity contribution in [1.82, 2.24) is 24.8 Å². The first-order chi connectivity index (χ1) is 14.5. The monoisotopic (exact) mass is 414 g/mol. The first kappa shape index (κ1) is 20.1. The standard InChI is InChI=1S/C19H26N8O3/c1-12(28)26-4-2-13(3-5-26)30-16-10-15(14-11-22-18(21)25-17(14)20)23-19(24-16)27-6-8-29-9-7-27/h10-11,13H,2-9H2,1H3,(H4,20,21,22,25). The second-order valence-electron chi connectivity index (χ2n) is 7.34. The molecule has 0 atom stereocenters. The van der Waals surface area contributed by atoms with Crippen LogP contribution in [-0.4, -0.2) is 76.2 Å². The minimum atomic E-state index is -0.0269. The van der Waals surface area contributed by atoms with E-state index in [0.29, 0.717) is 62.5 Å². The largest absolute Gasteiger partial charge is 0.474 e. The Balaban J connectivity index is 1.61. The highest BCUT2D eigenvalue weighted by molar-refractivity contribution is 5.73. The highest BCUT2D eigenvalue weighted by atomic mass is 16.5. The molecule has 2 saturated heterocycles. The summed E-state index contributed by atoms with van der Waals surface area (Å²) in [6.45, 7) is 5.54. The Kier molecular flexibility index (Phi) is 5.79. The fourth-order valence-corrected chi connectivity index (χ4v) is 3.58. The smallest absolute Gasteiger partial charge is 0.229 e. The van der Waals surface area contributed by atoms with Crippen molar-refractivity contribution in [3.05, 3.63) is 12.3 Å². The summed E-state index contributed by atoms with van der Waals surface area (Å²) in [5.41, 5.74) is 12.8. The molecule has 2 aromatic rings. The van der Waals surface area contributed by atoms with Crippen molar-refractivity contribution in [1.29, 1.82) is 0 Å². The van der Waals surface area contributed by atoms with Gasteiger partial charge in [-0.05, 0) is 0 Å². The average Bonchev–Trinajstić information content (AvgIpc) is 2.74. The van der Waals surface area contributed by atoms with Gasteiger partial charge in [-0.1, -0.05) is 0 Å². The van der Waals surface area contributed by atoms with Gasteiger partial charge in [0.15, 0.2) is 0 Å². The predicted octanol–water partition coefficient (Wildman–Crippen LogP) is 0.324. The summed E-state index contributed by atoms with van der Waals surface area (Å²) in [5, 5.41) is 0. The molecule has 0 aromatic carbocycles. The molecule has 160 valence electrons. The lowest BCUT2D eigenvalue weighted by Crippen LogP contribution is -2.41.